The van der Waals surface area contributed by atoms with Crippen LogP contribution in [0.5, 0.6) is 0 Å². The summed E-state index contributed by atoms with van der Waals surface area (Å²) in [5.41, 5.74) is 7.66. The number of likely N-dealkylation sites (tertiary alicyclic amines) is 1. The molecule has 1 aromatic carbocycles. The number of hydrogen-bond donors (Lipinski definition) is 2. The minimum atomic E-state index is -4.45. The predicted molar refractivity (Wildman–Crippen MR) is 111 cm³/mol. The molecule has 6 nitrogen and oxygen atoms in total. The fraction of sp³-hybridized carbons (Fsp3) is 0.524. The van der Waals surface area contributed by atoms with Crippen molar-refractivity contribution in [2.75, 3.05) is 37.4 Å². The highest BCUT2D eigenvalue weighted by Crippen LogP contribution is 2.41. The monoisotopic (exact) mass is 453 g/mol. The van der Waals surface area contributed by atoms with Gasteiger partial charge in [0, 0.05) is 42.3 Å². The lowest BCUT2D eigenvalue weighted by Crippen LogP contribution is -2.68. The lowest BCUT2D eigenvalue weighted by atomic mass is 9.75. The van der Waals surface area contributed by atoms with Crippen molar-refractivity contribution in [3.63, 3.8) is 0 Å². The average Bonchev–Trinajstić information content (AvgIpc) is 2.63. The Labute approximate surface area is 182 Å². The number of aromatic nitrogens is 2. The number of nitrogens with two attached hydrogens (primary N) is 1. The zero-order valence-electron chi connectivity index (χ0n) is 16.8. The number of halogens is 4. The summed E-state index contributed by atoms with van der Waals surface area (Å²) in [4.78, 5) is 11.2. The van der Waals surface area contributed by atoms with Crippen LogP contribution in [-0.4, -0.2) is 47.2 Å². The topological polar surface area (TPSA) is 76.3 Å². The lowest BCUT2D eigenvalue weighted by Gasteiger charge is -2.58. The van der Waals surface area contributed by atoms with Crippen LogP contribution in [0.25, 0.3) is 0 Å². The van der Waals surface area contributed by atoms with Crippen LogP contribution in [0.15, 0.2) is 18.2 Å². The fourth-order valence-corrected chi connectivity index (χ4v) is 5.02. The number of alkyl halides is 3. The van der Waals surface area contributed by atoms with Crippen molar-refractivity contribution in [1.29, 1.82) is 0 Å². The molecule has 2 saturated heterocycles. The largest absolute Gasteiger partial charge is 0.416 e. The summed E-state index contributed by atoms with van der Waals surface area (Å²) in [5.74, 6) is 0.581. The molecule has 2 aromatic rings. The van der Waals surface area contributed by atoms with Crippen molar-refractivity contribution in [3.8, 4) is 0 Å². The van der Waals surface area contributed by atoms with Crippen LogP contribution in [0.2, 0.25) is 5.28 Å². The van der Waals surface area contributed by atoms with Crippen LogP contribution in [0.1, 0.15) is 28.8 Å². The van der Waals surface area contributed by atoms with Crippen molar-refractivity contribution < 1.29 is 17.9 Å². The summed E-state index contributed by atoms with van der Waals surface area (Å²) in [6, 6.07) is 3.96. The smallest absolute Gasteiger partial charge is 0.399 e. The lowest BCUT2D eigenvalue weighted by molar-refractivity contribution is -0.199. The van der Waals surface area contributed by atoms with Gasteiger partial charge in [-0.3, -0.25) is 4.90 Å². The van der Waals surface area contributed by atoms with Crippen LogP contribution in [0, 0.1) is 5.41 Å². The molecule has 2 fully saturated rings. The number of nitrogens with zero attached hydrogens (tertiary/aromatic N) is 3. The third kappa shape index (κ3) is 4.06. The first-order valence-corrected chi connectivity index (χ1v) is 10.7. The van der Waals surface area contributed by atoms with Crippen molar-refractivity contribution in [2.45, 2.75) is 38.0 Å². The maximum Gasteiger partial charge on any atom is 0.416 e. The molecule has 0 amide bonds. The highest BCUT2D eigenvalue weighted by molar-refractivity contribution is 6.28. The highest BCUT2D eigenvalue weighted by atomic mass is 35.5. The molecule has 3 aliphatic rings. The van der Waals surface area contributed by atoms with E-state index < -0.39 is 11.7 Å². The molecule has 1 aromatic heterocycles. The van der Waals surface area contributed by atoms with Gasteiger partial charge in [-0.15, -0.1) is 0 Å². The van der Waals surface area contributed by atoms with Gasteiger partial charge in [-0.1, -0.05) is 0 Å². The number of nitrogens with one attached hydrogen (secondary N) is 1. The maximum absolute atomic E-state index is 13.1. The molecular formula is C21H23ClF3N5O. The first-order chi connectivity index (χ1) is 14.7. The van der Waals surface area contributed by atoms with Gasteiger partial charge in [-0.05, 0) is 54.6 Å². The molecule has 0 bridgehead atoms. The number of hydrogen-bond acceptors (Lipinski definition) is 6. The van der Waals surface area contributed by atoms with Crippen LogP contribution in [0.4, 0.5) is 24.7 Å². The second-order valence-electron chi connectivity index (χ2n) is 8.88. The molecule has 1 aliphatic carbocycles. The van der Waals surface area contributed by atoms with E-state index in [2.05, 4.69) is 20.2 Å². The number of nitrogen functional groups attached to an aromatic ring is 1. The van der Waals surface area contributed by atoms with E-state index in [0.717, 1.165) is 69.0 Å². The van der Waals surface area contributed by atoms with E-state index in [1.807, 2.05) is 0 Å². The van der Waals surface area contributed by atoms with Crippen molar-refractivity contribution in [3.05, 3.63) is 45.9 Å². The Balaban J connectivity index is 1.33. The summed E-state index contributed by atoms with van der Waals surface area (Å²) in [5, 5.41) is 3.31. The maximum atomic E-state index is 13.1. The minimum Gasteiger partial charge on any atom is -0.399 e. The summed E-state index contributed by atoms with van der Waals surface area (Å²) < 4.78 is 44.7. The molecule has 2 aliphatic heterocycles. The van der Waals surface area contributed by atoms with Gasteiger partial charge in [-0.2, -0.15) is 13.2 Å². The van der Waals surface area contributed by atoms with Gasteiger partial charge in [0.2, 0.25) is 5.28 Å². The number of rotatable bonds is 4. The second kappa shape index (κ2) is 7.50. The number of ether oxygens (including phenoxy) is 1. The Bertz CT molecular complexity index is 1000. The van der Waals surface area contributed by atoms with Gasteiger partial charge in [0.15, 0.2) is 0 Å². The number of aryl methyl sites for hydroxylation is 1. The zero-order chi connectivity index (χ0) is 21.8. The molecule has 1 spiro atoms. The van der Waals surface area contributed by atoms with Crippen molar-refractivity contribution >= 4 is 23.1 Å². The molecule has 0 radical (unpaired) electrons. The standard InChI is InChI=1S/C21H23ClF3N5O/c22-19-28-17-2-1-15(30-8-20(9-30)10-31-11-20)6-16(17)18(29-19)27-7-12-3-13(21(23,24)25)5-14(26)4-12/h3-5,15H,1-2,6-11,26H2,(H,27,28,29). The van der Waals surface area contributed by atoms with Gasteiger partial charge >= 0.3 is 6.18 Å². The van der Waals surface area contributed by atoms with E-state index in [0.29, 0.717) is 22.8 Å². The van der Waals surface area contributed by atoms with E-state index >= 15 is 0 Å². The molecule has 0 saturated carbocycles. The SMILES string of the molecule is Nc1cc(CNc2nc(Cl)nc3c2CC(N2CC4(COC4)C2)CC3)cc(C(F)(F)F)c1. The van der Waals surface area contributed by atoms with Crippen LogP contribution >= 0.6 is 11.6 Å². The summed E-state index contributed by atoms with van der Waals surface area (Å²) in [6.45, 7) is 3.95. The molecule has 3 heterocycles. The van der Waals surface area contributed by atoms with Crippen LogP contribution in [-0.2, 0) is 30.3 Å². The van der Waals surface area contributed by atoms with E-state index in [4.69, 9.17) is 22.1 Å². The molecule has 10 heteroatoms. The highest BCUT2D eigenvalue weighted by Gasteiger charge is 2.51. The Hall–Kier alpha value is -2.10. The minimum absolute atomic E-state index is 0.0705. The van der Waals surface area contributed by atoms with E-state index in [-0.39, 0.29) is 17.5 Å². The first kappa shape index (κ1) is 20.8. The quantitative estimate of drug-likeness (QED) is 0.545. The second-order valence-corrected chi connectivity index (χ2v) is 9.21. The summed E-state index contributed by atoms with van der Waals surface area (Å²) in [7, 11) is 0. The Morgan fingerprint density at radius 2 is 2.00 bits per heavy atom. The van der Waals surface area contributed by atoms with E-state index in [9.17, 15) is 13.2 Å². The predicted octanol–water partition coefficient (Wildman–Crippen LogP) is 3.53. The van der Waals surface area contributed by atoms with Crippen LogP contribution in [0.3, 0.4) is 0 Å². The molecule has 1 atom stereocenters. The first-order valence-electron chi connectivity index (χ1n) is 10.3. The number of anilines is 2. The third-order valence-electron chi connectivity index (χ3n) is 6.43. The molecule has 5 rings (SSSR count). The van der Waals surface area contributed by atoms with E-state index in [1.165, 1.54) is 6.07 Å². The average molecular weight is 454 g/mol. The van der Waals surface area contributed by atoms with Crippen molar-refractivity contribution in [1.82, 2.24) is 14.9 Å². The molecule has 166 valence electrons. The molecule has 3 N–H and O–H groups in total. The Morgan fingerprint density at radius 3 is 2.68 bits per heavy atom. The van der Waals surface area contributed by atoms with Gasteiger partial charge < -0.3 is 15.8 Å². The summed E-state index contributed by atoms with van der Waals surface area (Å²) in [6.07, 6.45) is -1.86. The third-order valence-corrected chi connectivity index (χ3v) is 6.60. The zero-order valence-corrected chi connectivity index (χ0v) is 17.6. The summed E-state index contributed by atoms with van der Waals surface area (Å²) >= 11 is 6.12. The van der Waals surface area contributed by atoms with Gasteiger partial charge in [0.1, 0.15) is 5.82 Å². The van der Waals surface area contributed by atoms with Gasteiger partial charge in [-0.25, -0.2) is 9.97 Å². The van der Waals surface area contributed by atoms with Crippen LogP contribution < -0.4 is 11.1 Å². The van der Waals surface area contributed by atoms with E-state index in [1.54, 1.807) is 0 Å². The van der Waals surface area contributed by atoms with Crippen molar-refractivity contribution in [2.24, 2.45) is 5.41 Å². The molecule has 31 heavy (non-hydrogen) atoms. The Kier molecular flexibility index (Phi) is 5.02. The number of benzene rings is 1. The fourth-order valence-electron chi connectivity index (χ4n) is 4.84. The molecular weight excluding hydrogens is 431 g/mol. The van der Waals surface area contributed by atoms with Gasteiger partial charge in [0.25, 0.3) is 0 Å². The molecule has 1 unspecified atom stereocenters. The Morgan fingerprint density at radius 1 is 1.23 bits per heavy atom. The number of fused-ring (bicyclic) bond motifs is 1. The normalized spacial score (nSPS) is 22.5. The van der Waals surface area contributed by atoms with Gasteiger partial charge in [0.05, 0.1) is 24.5 Å².